The zero-order valence-corrected chi connectivity index (χ0v) is 13.3. The Morgan fingerprint density at radius 2 is 2.11 bits per heavy atom. The molecule has 0 saturated carbocycles. The number of likely N-dealkylation sites (N-methyl/N-ethyl adjacent to an activating group) is 1. The highest BCUT2D eigenvalue weighted by molar-refractivity contribution is 8.00. The maximum absolute atomic E-state index is 11.5. The molecule has 0 spiro atoms. The van der Waals surface area contributed by atoms with Crippen molar-refractivity contribution in [1.82, 2.24) is 4.90 Å². The van der Waals surface area contributed by atoms with Gasteiger partial charge < -0.3 is 10.2 Å². The molecule has 2 N–H and O–H groups in total. The summed E-state index contributed by atoms with van der Waals surface area (Å²) in [7, 11) is 0. The molecule has 0 aromatic carbocycles. The van der Waals surface area contributed by atoms with Crippen molar-refractivity contribution in [3.05, 3.63) is 11.6 Å². The summed E-state index contributed by atoms with van der Waals surface area (Å²) in [6.07, 6.45) is 1.89. The third-order valence-electron chi connectivity index (χ3n) is 3.64. The molecule has 0 fully saturated rings. The van der Waals surface area contributed by atoms with E-state index in [4.69, 9.17) is 5.11 Å². The minimum atomic E-state index is -0.863. The summed E-state index contributed by atoms with van der Waals surface area (Å²) < 4.78 is 0. The van der Waals surface area contributed by atoms with Gasteiger partial charge in [-0.3, -0.25) is 4.90 Å². The van der Waals surface area contributed by atoms with Crippen LogP contribution in [0.1, 0.15) is 34.6 Å². The van der Waals surface area contributed by atoms with Gasteiger partial charge in [0.25, 0.3) is 0 Å². The molecule has 1 aliphatic heterocycles. The van der Waals surface area contributed by atoms with Gasteiger partial charge in [0, 0.05) is 11.8 Å². The molecule has 1 heterocycles. The molecule has 0 aliphatic carbocycles. The van der Waals surface area contributed by atoms with Crippen LogP contribution in [0.15, 0.2) is 11.6 Å². The fourth-order valence-electron chi connectivity index (χ4n) is 2.71. The van der Waals surface area contributed by atoms with E-state index in [0.717, 1.165) is 6.54 Å². The van der Waals surface area contributed by atoms with E-state index in [1.807, 2.05) is 13.0 Å². The predicted molar refractivity (Wildman–Crippen MR) is 79.3 cm³/mol. The summed E-state index contributed by atoms with van der Waals surface area (Å²) in [5.41, 5.74) is 0.418. The fraction of sp³-hybridized carbons (Fsp3) is 0.786. The molecule has 0 saturated heterocycles. The van der Waals surface area contributed by atoms with Gasteiger partial charge in [-0.25, -0.2) is 4.79 Å². The van der Waals surface area contributed by atoms with E-state index in [0.29, 0.717) is 11.3 Å². The molecule has 19 heavy (non-hydrogen) atoms. The summed E-state index contributed by atoms with van der Waals surface area (Å²) in [4.78, 5) is 13.2. The van der Waals surface area contributed by atoms with Gasteiger partial charge in [-0.05, 0) is 18.9 Å². The Kier molecular flexibility index (Phi) is 5.09. The third-order valence-corrected chi connectivity index (χ3v) is 5.04. The van der Waals surface area contributed by atoms with Gasteiger partial charge in [-0.2, -0.15) is 0 Å². The van der Waals surface area contributed by atoms with Crippen LogP contribution in [0.2, 0.25) is 0 Å². The zero-order valence-electron chi connectivity index (χ0n) is 12.4. The smallest absolute Gasteiger partial charge is 0.334 e. The van der Waals surface area contributed by atoms with Crippen molar-refractivity contribution >= 4 is 17.7 Å². The van der Waals surface area contributed by atoms with E-state index in [-0.39, 0.29) is 18.1 Å². The number of thioether (sulfide) groups is 1. The average Bonchev–Trinajstić information content (AvgIpc) is 2.59. The normalized spacial score (nSPS) is 28.5. The van der Waals surface area contributed by atoms with Gasteiger partial charge in [0.2, 0.25) is 0 Å². The van der Waals surface area contributed by atoms with Crippen molar-refractivity contribution in [1.29, 1.82) is 0 Å². The molecule has 0 amide bonds. The van der Waals surface area contributed by atoms with Crippen LogP contribution in [0.3, 0.4) is 0 Å². The van der Waals surface area contributed by atoms with Gasteiger partial charge in [0.15, 0.2) is 0 Å². The molecule has 1 aliphatic rings. The van der Waals surface area contributed by atoms with Crippen molar-refractivity contribution in [2.45, 2.75) is 45.5 Å². The third kappa shape index (κ3) is 3.15. The van der Waals surface area contributed by atoms with Crippen molar-refractivity contribution in [2.75, 3.05) is 18.9 Å². The molecule has 110 valence electrons. The molecule has 0 aromatic rings. The molecule has 0 bridgehead atoms. The minimum Gasteiger partial charge on any atom is -0.478 e. The number of rotatable bonds is 5. The van der Waals surface area contributed by atoms with Gasteiger partial charge in [-0.15, -0.1) is 11.8 Å². The summed E-state index contributed by atoms with van der Waals surface area (Å²) in [5.74, 6) is -0.327. The van der Waals surface area contributed by atoms with Crippen molar-refractivity contribution in [3.63, 3.8) is 0 Å². The van der Waals surface area contributed by atoms with E-state index < -0.39 is 10.8 Å². The maximum Gasteiger partial charge on any atom is 0.334 e. The molecular weight excluding hydrogens is 262 g/mol. The Morgan fingerprint density at radius 1 is 1.53 bits per heavy atom. The van der Waals surface area contributed by atoms with E-state index in [1.165, 1.54) is 11.8 Å². The van der Waals surface area contributed by atoms with Crippen molar-refractivity contribution in [3.8, 4) is 0 Å². The molecule has 4 nitrogen and oxygen atoms in total. The van der Waals surface area contributed by atoms with Gasteiger partial charge in [0.1, 0.15) is 0 Å². The van der Waals surface area contributed by atoms with Crippen LogP contribution in [-0.2, 0) is 4.79 Å². The van der Waals surface area contributed by atoms with E-state index >= 15 is 0 Å². The lowest BCUT2D eigenvalue weighted by molar-refractivity contribution is -0.133. The molecule has 0 unspecified atom stereocenters. The van der Waals surface area contributed by atoms with Crippen molar-refractivity contribution in [2.24, 2.45) is 5.41 Å². The first-order valence-corrected chi connectivity index (χ1v) is 7.64. The second-order valence-electron chi connectivity index (χ2n) is 6.04. The number of hydrogen-bond acceptors (Lipinski definition) is 4. The maximum atomic E-state index is 11.5. The van der Waals surface area contributed by atoms with Crippen LogP contribution in [0.5, 0.6) is 0 Å². The molecule has 0 radical (unpaired) electrons. The SMILES string of the molecule is CCN1[C@@H](C(C)(C)C)C=C(C(=O)O)[C@]1(C)SCCO. The van der Waals surface area contributed by atoms with Crippen LogP contribution in [0, 0.1) is 5.41 Å². The number of carboxylic acid groups (broad SMARTS) is 1. The number of hydrogen-bond donors (Lipinski definition) is 2. The Balaban J connectivity index is 3.19. The first-order chi connectivity index (χ1) is 8.68. The zero-order chi connectivity index (χ0) is 14.8. The van der Waals surface area contributed by atoms with Crippen LogP contribution in [0.25, 0.3) is 0 Å². The lowest BCUT2D eigenvalue weighted by Gasteiger charge is -2.43. The summed E-state index contributed by atoms with van der Waals surface area (Å²) in [5, 5.41) is 18.5. The molecule has 1 rings (SSSR count). The second kappa shape index (κ2) is 5.85. The summed E-state index contributed by atoms with van der Waals surface area (Å²) >= 11 is 1.50. The van der Waals surface area contributed by atoms with Crippen LogP contribution in [-0.4, -0.2) is 50.9 Å². The largest absolute Gasteiger partial charge is 0.478 e. The first kappa shape index (κ1) is 16.5. The van der Waals surface area contributed by atoms with Crippen LogP contribution in [0.4, 0.5) is 0 Å². The Hall–Kier alpha value is -0.520. The number of carbonyl (C=O) groups is 1. The highest BCUT2D eigenvalue weighted by atomic mass is 32.2. The van der Waals surface area contributed by atoms with Gasteiger partial charge in [0.05, 0.1) is 17.1 Å². The Bertz CT molecular complexity index is 375. The number of aliphatic hydroxyl groups excluding tert-OH is 1. The lowest BCUT2D eigenvalue weighted by atomic mass is 9.86. The standard InChI is InChI=1S/C14H25NO3S/c1-6-15-11(13(2,3)4)9-10(12(17)18)14(15,5)19-8-7-16/h9,11,16H,6-8H2,1-5H3,(H,17,18)/t11-,14+/m1/s1. The summed E-state index contributed by atoms with van der Waals surface area (Å²) in [6.45, 7) is 11.2. The Morgan fingerprint density at radius 3 is 2.47 bits per heavy atom. The fourth-order valence-corrected chi connectivity index (χ4v) is 3.92. The molecule has 5 heteroatoms. The molecule has 0 aromatic heterocycles. The predicted octanol–water partition coefficient (Wildman–Crippen LogP) is 2.19. The highest BCUT2D eigenvalue weighted by Gasteiger charge is 2.49. The molecular formula is C14H25NO3S. The quantitative estimate of drug-likeness (QED) is 0.811. The van der Waals surface area contributed by atoms with Gasteiger partial charge in [-0.1, -0.05) is 33.8 Å². The molecule has 2 atom stereocenters. The first-order valence-electron chi connectivity index (χ1n) is 6.65. The van der Waals surface area contributed by atoms with Crippen LogP contribution < -0.4 is 0 Å². The second-order valence-corrected chi connectivity index (χ2v) is 7.53. The number of carboxylic acids is 1. The lowest BCUT2D eigenvalue weighted by Crippen LogP contribution is -2.50. The number of aliphatic carboxylic acids is 1. The highest BCUT2D eigenvalue weighted by Crippen LogP contribution is 2.46. The number of nitrogens with zero attached hydrogens (tertiary/aromatic N) is 1. The topological polar surface area (TPSA) is 60.8 Å². The van der Waals surface area contributed by atoms with E-state index in [9.17, 15) is 9.90 Å². The number of aliphatic hydroxyl groups is 1. The van der Waals surface area contributed by atoms with E-state index in [1.54, 1.807) is 0 Å². The van der Waals surface area contributed by atoms with Crippen molar-refractivity contribution < 1.29 is 15.0 Å². The average molecular weight is 287 g/mol. The van der Waals surface area contributed by atoms with Crippen LogP contribution >= 0.6 is 11.8 Å². The Labute approximate surface area is 119 Å². The van der Waals surface area contributed by atoms with Gasteiger partial charge >= 0.3 is 5.97 Å². The minimum absolute atomic E-state index is 0.0196. The summed E-state index contributed by atoms with van der Waals surface area (Å²) in [6, 6.07) is 0.0970. The van der Waals surface area contributed by atoms with E-state index in [2.05, 4.69) is 32.6 Å². The monoisotopic (exact) mass is 287 g/mol.